The van der Waals surface area contributed by atoms with Crippen molar-refractivity contribution in [1.82, 2.24) is 10.7 Å². The lowest BCUT2D eigenvalue weighted by atomic mass is 10.1. The summed E-state index contributed by atoms with van der Waals surface area (Å²) in [6.45, 7) is 5.23. The summed E-state index contributed by atoms with van der Waals surface area (Å²) in [6.07, 6.45) is 1.67. The van der Waals surface area contributed by atoms with E-state index in [2.05, 4.69) is 50.8 Å². The van der Waals surface area contributed by atoms with Gasteiger partial charge in [0.2, 0.25) is 0 Å². The fourth-order valence-corrected chi connectivity index (χ4v) is 3.05. The monoisotopic (exact) mass is 435 g/mol. The number of nitrogens with zero attached hydrogens (tertiary/aromatic N) is 1. The number of nitrogens with one attached hydrogen (secondary N) is 2. The lowest BCUT2D eigenvalue weighted by molar-refractivity contribution is 0.282. The summed E-state index contributed by atoms with van der Waals surface area (Å²) in [6, 6.07) is 12.0. The quantitative estimate of drug-likeness (QED) is 0.388. The smallest absolute Gasteiger partial charge is 0.186 e. The van der Waals surface area contributed by atoms with E-state index >= 15 is 0 Å². The zero-order chi connectivity index (χ0) is 18.9. The number of methoxy groups -OCH3 is 1. The van der Waals surface area contributed by atoms with Gasteiger partial charge in [0.1, 0.15) is 6.61 Å². The van der Waals surface area contributed by atoms with Gasteiger partial charge in [-0.3, -0.25) is 5.43 Å². The van der Waals surface area contributed by atoms with E-state index in [0.29, 0.717) is 23.2 Å². The fourth-order valence-electron chi connectivity index (χ4n) is 2.28. The lowest BCUT2D eigenvalue weighted by Crippen LogP contribution is -2.31. The third kappa shape index (κ3) is 6.00. The van der Waals surface area contributed by atoms with E-state index in [1.54, 1.807) is 13.3 Å². The molecule has 5 nitrogen and oxygen atoms in total. The molecule has 0 atom stereocenters. The molecule has 2 rings (SSSR count). The number of aryl methyl sites for hydroxylation is 1. The first kappa shape index (κ1) is 20.2. The van der Waals surface area contributed by atoms with Gasteiger partial charge in [-0.1, -0.05) is 29.8 Å². The SMILES string of the molecule is CCNC(=S)NN=Cc1cc(Br)c(OCc2cccc(C)c2)c(OC)c1. The molecule has 0 aromatic heterocycles. The molecule has 0 radical (unpaired) electrons. The van der Waals surface area contributed by atoms with Gasteiger partial charge in [0, 0.05) is 6.54 Å². The highest BCUT2D eigenvalue weighted by Gasteiger charge is 2.11. The second-order valence-corrected chi connectivity index (χ2v) is 6.80. The molecule has 0 unspecified atom stereocenters. The molecule has 0 saturated carbocycles. The Hall–Kier alpha value is -2.12. The van der Waals surface area contributed by atoms with E-state index < -0.39 is 0 Å². The van der Waals surface area contributed by atoms with Crippen LogP contribution in [0.3, 0.4) is 0 Å². The Bertz CT molecular complexity index is 796. The van der Waals surface area contributed by atoms with Crippen molar-refractivity contribution in [1.29, 1.82) is 0 Å². The molecule has 138 valence electrons. The second kappa shape index (κ2) is 10.1. The molecule has 0 aliphatic rings. The Balaban J connectivity index is 2.10. The minimum absolute atomic E-state index is 0.461. The number of ether oxygens (including phenoxy) is 2. The Morgan fingerprint density at radius 2 is 2.12 bits per heavy atom. The van der Waals surface area contributed by atoms with E-state index in [9.17, 15) is 0 Å². The first-order chi connectivity index (χ1) is 12.5. The largest absolute Gasteiger partial charge is 0.493 e. The third-order valence-corrected chi connectivity index (χ3v) is 4.26. The van der Waals surface area contributed by atoms with Crippen LogP contribution >= 0.6 is 28.1 Å². The summed E-state index contributed by atoms with van der Waals surface area (Å²) in [5, 5.41) is 7.56. The lowest BCUT2D eigenvalue weighted by Gasteiger charge is -2.14. The van der Waals surface area contributed by atoms with Gasteiger partial charge in [-0.2, -0.15) is 5.10 Å². The standard InChI is InChI=1S/C19H22BrN3O2S/c1-4-21-19(26)23-22-11-15-9-16(20)18(17(10-15)24-3)25-12-14-7-5-6-13(2)8-14/h5-11H,4,12H2,1-3H3,(H2,21,23,26). The zero-order valence-corrected chi connectivity index (χ0v) is 17.4. The van der Waals surface area contributed by atoms with Gasteiger partial charge in [0.05, 0.1) is 17.8 Å². The van der Waals surface area contributed by atoms with Crippen molar-refractivity contribution in [3.8, 4) is 11.5 Å². The van der Waals surface area contributed by atoms with Crippen molar-refractivity contribution in [2.24, 2.45) is 5.10 Å². The fraction of sp³-hybridized carbons (Fsp3) is 0.263. The van der Waals surface area contributed by atoms with Crippen LogP contribution in [0, 0.1) is 6.92 Å². The number of halogens is 1. The van der Waals surface area contributed by atoms with E-state index in [0.717, 1.165) is 22.1 Å². The molecule has 7 heteroatoms. The Morgan fingerprint density at radius 1 is 1.31 bits per heavy atom. The average molecular weight is 436 g/mol. The van der Waals surface area contributed by atoms with Gasteiger partial charge in [0.15, 0.2) is 16.6 Å². The van der Waals surface area contributed by atoms with Crippen molar-refractivity contribution in [2.45, 2.75) is 20.5 Å². The summed E-state index contributed by atoms with van der Waals surface area (Å²) in [4.78, 5) is 0. The first-order valence-electron chi connectivity index (χ1n) is 8.16. The molecule has 2 aromatic carbocycles. The average Bonchev–Trinajstić information content (AvgIpc) is 2.60. The molecule has 2 N–H and O–H groups in total. The highest BCUT2D eigenvalue weighted by Crippen LogP contribution is 2.36. The number of hydrogen-bond acceptors (Lipinski definition) is 4. The Kier molecular flexibility index (Phi) is 7.87. The maximum atomic E-state index is 5.97. The summed E-state index contributed by atoms with van der Waals surface area (Å²) in [5.74, 6) is 1.28. The molecule has 0 fully saturated rings. The molecule has 2 aromatic rings. The molecule has 0 bridgehead atoms. The number of hydrazone groups is 1. The number of thiocarbonyl (C=S) groups is 1. The van der Waals surface area contributed by atoms with Crippen LogP contribution in [-0.2, 0) is 6.61 Å². The molecule has 0 saturated heterocycles. The van der Waals surface area contributed by atoms with Crippen LogP contribution in [0.25, 0.3) is 0 Å². The molecule has 0 amide bonds. The van der Waals surface area contributed by atoms with Crippen molar-refractivity contribution in [2.75, 3.05) is 13.7 Å². The maximum Gasteiger partial charge on any atom is 0.186 e. The highest BCUT2D eigenvalue weighted by molar-refractivity contribution is 9.10. The van der Waals surface area contributed by atoms with Crippen LogP contribution in [0.1, 0.15) is 23.6 Å². The van der Waals surface area contributed by atoms with Gasteiger partial charge >= 0.3 is 0 Å². The van der Waals surface area contributed by atoms with Gasteiger partial charge in [0.25, 0.3) is 0 Å². The topological polar surface area (TPSA) is 54.9 Å². The molecule has 0 spiro atoms. The van der Waals surface area contributed by atoms with Crippen molar-refractivity contribution in [3.05, 3.63) is 57.6 Å². The first-order valence-corrected chi connectivity index (χ1v) is 9.36. The number of rotatable bonds is 7. The molecule has 26 heavy (non-hydrogen) atoms. The predicted molar refractivity (Wildman–Crippen MR) is 113 cm³/mol. The summed E-state index contributed by atoms with van der Waals surface area (Å²) in [5.41, 5.74) is 5.91. The molecule has 0 aliphatic carbocycles. The van der Waals surface area contributed by atoms with E-state index in [1.165, 1.54) is 5.56 Å². The Morgan fingerprint density at radius 3 is 2.81 bits per heavy atom. The number of hydrogen-bond donors (Lipinski definition) is 2. The Labute approximate surface area is 167 Å². The summed E-state index contributed by atoms with van der Waals surface area (Å²) >= 11 is 8.61. The molecular weight excluding hydrogens is 414 g/mol. The zero-order valence-electron chi connectivity index (χ0n) is 15.0. The van der Waals surface area contributed by atoms with Crippen molar-refractivity contribution in [3.63, 3.8) is 0 Å². The summed E-state index contributed by atoms with van der Waals surface area (Å²) < 4.78 is 12.2. The van der Waals surface area contributed by atoms with Crippen LogP contribution in [-0.4, -0.2) is 25.0 Å². The van der Waals surface area contributed by atoms with Gasteiger partial charge < -0.3 is 14.8 Å². The van der Waals surface area contributed by atoms with E-state index in [1.807, 2.05) is 31.2 Å². The van der Waals surface area contributed by atoms with Crippen molar-refractivity contribution >= 4 is 39.5 Å². The van der Waals surface area contributed by atoms with Gasteiger partial charge in [-0.25, -0.2) is 0 Å². The molecule has 0 aliphatic heterocycles. The molecule has 0 heterocycles. The third-order valence-electron chi connectivity index (χ3n) is 3.43. The van der Waals surface area contributed by atoms with E-state index in [4.69, 9.17) is 21.7 Å². The van der Waals surface area contributed by atoms with Crippen LogP contribution in [0.4, 0.5) is 0 Å². The second-order valence-electron chi connectivity index (χ2n) is 5.54. The van der Waals surface area contributed by atoms with Crippen LogP contribution < -0.4 is 20.2 Å². The number of benzene rings is 2. The molecular formula is C19H22BrN3O2S. The highest BCUT2D eigenvalue weighted by atomic mass is 79.9. The van der Waals surface area contributed by atoms with Crippen LogP contribution in [0.15, 0.2) is 46.0 Å². The van der Waals surface area contributed by atoms with E-state index in [-0.39, 0.29) is 0 Å². The maximum absolute atomic E-state index is 5.97. The normalized spacial score (nSPS) is 10.6. The van der Waals surface area contributed by atoms with Gasteiger partial charge in [-0.15, -0.1) is 0 Å². The van der Waals surface area contributed by atoms with Crippen LogP contribution in [0.5, 0.6) is 11.5 Å². The predicted octanol–water partition coefficient (Wildman–Crippen LogP) is 4.16. The minimum atomic E-state index is 0.461. The summed E-state index contributed by atoms with van der Waals surface area (Å²) in [7, 11) is 1.61. The van der Waals surface area contributed by atoms with Crippen molar-refractivity contribution < 1.29 is 9.47 Å². The minimum Gasteiger partial charge on any atom is -0.493 e. The van der Waals surface area contributed by atoms with Crippen LogP contribution in [0.2, 0.25) is 0 Å². The van der Waals surface area contributed by atoms with Gasteiger partial charge in [-0.05, 0) is 65.3 Å².